The van der Waals surface area contributed by atoms with Gasteiger partial charge in [0.1, 0.15) is 0 Å². The van der Waals surface area contributed by atoms with Crippen LogP contribution in [0.5, 0.6) is 0 Å². The van der Waals surface area contributed by atoms with Gasteiger partial charge in [-0.25, -0.2) is 4.79 Å². The van der Waals surface area contributed by atoms with E-state index >= 15 is 0 Å². The monoisotopic (exact) mass is 173 g/mol. The number of nitrogens with two attached hydrogens (primary N) is 1. The third-order valence-electron chi connectivity index (χ3n) is 1.66. The van der Waals surface area contributed by atoms with Gasteiger partial charge in [-0.1, -0.05) is 13.5 Å². The molecule has 0 aliphatic heterocycles. The van der Waals surface area contributed by atoms with Gasteiger partial charge in [0.05, 0.1) is 6.04 Å². The number of esters is 1. The minimum absolute atomic E-state index is 0.254. The van der Waals surface area contributed by atoms with Gasteiger partial charge < -0.3 is 15.6 Å². The normalized spacial score (nSPS) is 17.7. The van der Waals surface area contributed by atoms with Crippen LogP contribution >= 0.6 is 0 Å². The van der Waals surface area contributed by atoms with Crippen LogP contribution in [0, 0.1) is 0 Å². The van der Waals surface area contributed by atoms with E-state index in [2.05, 4.69) is 11.3 Å². The van der Waals surface area contributed by atoms with Crippen molar-refractivity contribution in [2.24, 2.45) is 5.73 Å². The molecule has 3 N–H and O–H groups in total. The molecule has 12 heavy (non-hydrogen) atoms. The van der Waals surface area contributed by atoms with Crippen molar-refractivity contribution in [1.29, 1.82) is 0 Å². The van der Waals surface area contributed by atoms with Crippen molar-refractivity contribution in [2.75, 3.05) is 0 Å². The Morgan fingerprint density at radius 2 is 2.42 bits per heavy atom. The molecule has 4 heteroatoms. The van der Waals surface area contributed by atoms with Gasteiger partial charge in [-0.2, -0.15) is 0 Å². The maximum atomic E-state index is 10.7. The fraction of sp³-hybridized carbons (Fsp3) is 0.625. The van der Waals surface area contributed by atoms with Gasteiger partial charge in [0, 0.05) is 12.5 Å². The first-order valence-electron chi connectivity index (χ1n) is 3.79. The molecule has 0 heterocycles. The summed E-state index contributed by atoms with van der Waals surface area (Å²) in [6.45, 7) is 6.46. The summed E-state index contributed by atoms with van der Waals surface area (Å²) >= 11 is 0. The van der Waals surface area contributed by atoms with Crippen molar-refractivity contribution in [3.05, 3.63) is 12.7 Å². The van der Waals surface area contributed by atoms with E-state index in [1.807, 2.05) is 0 Å². The number of hydrogen-bond donors (Lipinski definition) is 2. The molecule has 2 unspecified atom stereocenters. The molecular formula is C8H15NO3. The van der Waals surface area contributed by atoms with Crippen LogP contribution in [0.15, 0.2) is 12.7 Å². The first kappa shape index (κ1) is 11.1. The topological polar surface area (TPSA) is 72.5 Å². The summed E-state index contributed by atoms with van der Waals surface area (Å²) in [6, 6.07) is -0.619. The van der Waals surface area contributed by atoms with Gasteiger partial charge in [0.15, 0.2) is 0 Å². The molecule has 0 aliphatic rings. The van der Waals surface area contributed by atoms with E-state index in [0.717, 1.165) is 6.08 Å². The molecule has 0 aromatic carbocycles. The van der Waals surface area contributed by atoms with E-state index in [9.17, 15) is 9.90 Å². The van der Waals surface area contributed by atoms with Crippen molar-refractivity contribution < 1.29 is 14.6 Å². The van der Waals surface area contributed by atoms with Crippen molar-refractivity contribution >= 4 is 5.97 Å². The van der Waals surface area contributed by atoms with E-state index in [0.29, 0.717) is 0 Å². The van der Waals surface area contributed by atoms with Crippen molar-refractivity contribution in [3.63, 3.8) is 0 Å². The fourth-order valence-corrected chi connectivity index (χ4v) is 0.703. The fourth-order valence-electron chi connectivity index (χ4n) is 0.703. The van der Waals surface area contributed by atoms with Crippen LogP contribution in [0.4, 0.5) is 0 Å². The van der Waals surface area contributed by atoms with Crippen molar-refractivity contribution in [1.82, 2.24) is 0 Å². The van der Waals surface area contributed by atoms with Crippen LogP contribution in [0.2, 0.25) is 0 Å². The predicted molar refractivity (Wildman–Crippen MR) is 45.2 cm³/mol. The summed E-state index contributed by atoms with van der Waals surface area (Å²) in [6.07, 6.45) is 1.24. The highest BCUT2D eigenvalue weighted by Gasteiger charge is 2.33. The number of aliphatic hydroxyl groups is 1. The Hall–Kier alpha value is -0.870. The van der Waals surface area contributed by atoms with Crippen LogP contribution < -0.4 is 5.73 Å². The molecule has 0 saturated heterocycles. The second-order valence-corrected chi connectivity index (χ2v) is 2.61. The minimum Gasteiger partial charge on any atom is -0.428 e. The Labute approximate surface area is 72.0 Å². The number of carbonyl (C=O) groups is 1. The molecule has 2 atom stereocenters. The Kier molecular flexibility index (Phi) is 3.92. The summed E-state index contributed by atoms with van der Waals surface area (Å²) in [7, 11) is 0. The molecule has 0 aromatic rings. The second-order valence-electron chi connectivity index (χ2n) is 2.61. The summed E-state index contributed by atoms with van der Waals surface area (Å²) in [5.74, 6) is -2.25. The zero-order valence-electron chi connectivity index (χ0n) is 7.41. The number of carbonyl (C=O) groups excluding carboxylic acids is 1. The van der Waals surface area contributed by atoms with Crippen LogP contribution in [-0.2, 0) is 9.53 Å². The lowest BCUT2D eigenvalue weighted by Gasteiger charge is -2.29. The van der Waals surface area contributed by atoms with Gasteiger partial charge in [-0.15, -0.1) is 0 Å². The SMILES string of the molecule is C=CC(=O)OC(O)(CC)C(C)N. The maximum Gasteiger partial charge on any atom is 0.332 e. The third-order valence-corrected chi connectivity index (χ3v) is 1.66. The number of hydrogen-bond acceptors (Lipinski definition) is 4. The van der Waals surface area contributed by atoms with E-state index in [4.69, 9.17) is 5.73 Å². The zero-order valence-corrected chi connectivity index (χ0v) is 7.41. The van der Waals surface area contributed by atoms with Crippen molar-refractivity contribution in [2.45, 2.75) is 32.1 Å². The quantitative estimate of drug-likeness (QED) is 0.361. The average Bonchev–Trinajstić information content (AvgIpc) is 2.03. The molecule has 0 spiro atoms. The Balaban J connectivity index is 4.33. The largest absolute Gasteiger partial charge is 0.428 e. The van der Waals surface area contributed by atoms with Gasteiger partial charge in [-0.3, -0.25) is 0 Å². The second kappa shape index (κ2) is 4.23. The lowest BCUT2D eigenvalue weighted by molar-refractivity contribution is -0.212. The molecule has 0 saturated carbocycles. The van der Waals surface area contributed by atoms with Gasteiger partial charge in [-0.05, 0) is 6.92 Å². The summed E-state index contributed by atoms with van der Waals surface area (Å²) < 4.78 is 4.67. The summed E-state index contributed by atoms with van der Waals surface area (Å²) in [4.78, 5) is 10.7. The lowest BCUT2D eigenvalue weighted by Crippen LogP contribution is -2.48. The molecule has 0 amide bonds. The highest BCUT2D eigenvalue weighted by atomic mass is 16.7. The standard InChI is InChI=1S/C8H15NO3/c1-4-7(10)12-8(11,5-2)6(3)9/h4,6,11H,1,5,9H2,2-3H3. The molecule has 0 radical (unpaired) electrons. The van der Waals surface area contributed by atoms with Crippen LogP contribution in [0.25, 0.3) is 0 Å². The smallest absolute Gasteiger partial charge is 0.332 e. The van der Waals surface area contributed by atoms with Crippen LogP contribution in [0.3, 0.4) is 0 Å². The van der Waals surface area contributed by atoms with Gasteiger partial charge in [0.25, 0.3) is 0 Å². The average molecular weight is 173 g/mol. The highest BCUT2D eigenvalue weighted by Crippen LogP contribution is 2.15. The predicted octanol–water partition coefficient (Wildman–Crippen LogP) is 0.161. The summed E-state index contributed by atoms with van der Waals surface area (Å²) in [5, 5.41) is 9.58. The number of ether oxygens (including phenoxy) is 1. The Morgan fingerprint density at radius 1 is 1.92 bits per heavy atom. The summed E-state index contributed by atoms with van der Waals surface area (Å²) in [5.41, 5.74) is 5.42. The molecule has 0 rings (SSSR count). The molecule has 0 aromatic heterocycles. The van der Waals surface area contributed by atoms with Gasteiger partial charge in [0.2, 0.25) is 5.79 Å². The first-order valence-corrected chi connectivity index (χ1v) is 3.79. The van der Waals surface area contributed by atoms with E-state index in [1.165, 1.54) is 0 Å². The molecule has 0 bridgehead atoms. The van der Waals surface area contributed by atoms with Crippen LogP contribution in [0.1, 0.15) is 20.3 Å². The van der Waals surface area contributed by atoms with E-state index in [-0.39, 0.29) is 6.42 Å². The lowest BCUT2D eigenvalue weighted by atomic mass is 10.1. The molecule has 0 fully saturated rings. The van der Waals surface area contributed by atoms with Crippen LogP contribution in [-0.4, -0.2) is 22.9 Å². The third kappa shape index (κ3) is 2.64. The van der Waals surface area contributed by atoms with Gasteiger partial charge >= 0.3 is 5.97 Å². The molecule has 0 aliphatic carbocycles. The number of rotatable bonds is 4. The van der Waals surface area contributed by atoms with E-state index in [1.54, 1.807) is 13.8 Å². The first-order chi connectivity index (χ1) is 5.46. The Morgan fingerprint density at radius 3 is 2.67 bits per heavy atom. The van der Waals surface area contributed by atoms with E-state index < -0.39 is 17.8 Å². The Bertz CT molecular complexity index is 179. The van der Waals surface area contributed by atoms with Crippen molar-refractivity contribution in [3.8, 4) is 0 Å². The maximum absolute atomic E-state index is 10.7. The molecule has 4 nitrogen and oxygen atoms in total. The minimum atomic E-state index is -1.58. The molecular weight excluding hydrogens is 158 g/mol. The zero-order chi connectivity index (χ0) is 9.78. The highest BCUT2D eigenvalue weighted by molar-refractivity contribution is 5.81. The molecule has 70 valence electrons.